The largest absolute Gasteiger partial charge is 0.310 e. The third-order valence-corrected chi connectivity index (χ3v) is 3.20. The summed E-state index contributed by atoms with van der Waals surface area (Å²) in [5, 5.41) is 16.1. The summed E-state index contributed by atoms with van der Waals surface area (Å²) in [6.07, 6.45) is 0.998. The molecule has 1 N–H and O–H groups in total. The summed E-state index contributed by atoms with van der Waals surface area (Å²) in [6.45, 7) is 14.0. The van der Waals surface area contributed by atoms with Crippen molar-refractivity contribution in [2.75, 3.05) is 12.3 Å². The molecule has 6 heteroatoms. The van der Waals surface area contributed by atoms with E-state index in [1.807, 2.05) is 11.6 Å². The van der Waals surface area contributed by atoms with E-state index in [-0.39, 0.29) is 5.54 Å². The molecule has 0 aromatic carbocycles. The van der Waals surface area contributed by atoms with E-state index < -0.39 is 0 Å². The maximum Gasteiger partial charge on any atom is 0.209 e. The maximum absolute atomic E-state index is 4.04. The van der Waals surface area contributed by atoms with Crippen molar-refractivity contribution in [2.45, 2.75) is 51.4 Å². The van der Waals surface area contributed by atoms with E-state index in [0.29, 0.717) is 0 Å². The lowest BCUT2D eigenvalue weighted by atomic mass is 10.1. The number of rotatable bonds is 7. The van der Waals surface area contributed by atoms with Gasteiger partial charge >= 0.3 is 0 Å². The molecule has 0 atom stereocenters. The van der Waals surface area contributed by atoms with Gasteiger partial charge in [0.1, 0.15) is 0 Å². The smallest absolute Gasteiger partial charge is 0.209 e. The fourth-order valence-electron chi connectivity index (χ4n) is 1.29. The number of aromatic nitrogens is 4. The predicted molar refractivity (Wildman–Crippen MR) is 75.7 cm³/mol. The highest BCUT2D eigenvalue weighted by molar-refractivity contribution is 7.99. The van der Waals surface area contributed by atoms with E-state index in [2.05, 4.69) is 48.2 Å². The summed E-state index contributed by atoms with van der Waals surface area (Å²) in [5.74, 6) is 0.975. The molecule has 0 amide bonds. The molecule has 0 unspecified atom stereocenters. The van der Waals surface area contributed by atoms with Crippen molar-refractivity contribution in [1.82, 2.24) is 25.5 Å². The van der Waals surface area contributed by atoms with E-state index in [4.69, 9.17) is 0 Å². The molecular formula is C12H23N5S. The molecule has 0 spiro atoms. The lowest BCUT2D eigenvalue weighted by Crippen LogP contribution is -2.38. The normalized spacial score (nSPS) is 11.8. The van der Waals surface area contributed by atoms with Crippen LogP contribution in [0.5, 0.6) is 0 Å². The van der Waals surface area contributed by atoms with Gasteiger partial charge in [-0.25, -0.2) is 4.68 Å². The summed E-state index contributed by atoms with van der Waals surface area (Å²) in [5.41, 5.74) is 1.32. The van der Waals surface area contributed by atoms with Crippen molar-refractivity contribution < 1.29 is 0 Å². The zero-order chi connectivity index (χ0) is 13.6. The van der Waals surface area contributed by atoms with Gasteiger partial charge in [0.25, 0.3) is 0 Å². The molecule has 102 valence electrons. The first kappa shape index (κ1) is 15.2. The topological polar surface area (TPSA) is 55.6 Å². The Kier molecular flexibility index (Phi) is 5.81. The summed E-state index contributed by atoms with van der Waals surface area (Å²) in [4.78, 5) is 0. The fourth-order valence-corrected chi connectivity index (χ4v) is 2.30. The molecule has 0 bridgehead atoms. The molecule has 0 saturated carbocycles. The van der Waals surface area contributed by atoms with Gasteiger partial charge in [0.2, 0.25) is 5.16 Å². The number of tetrazole rings is 1. The Bertz CT molecular complexity index is 380. The fraction of sp³-hybridized carbons (Fsp3) is 0.750. The molecule has 0 saturated heterocycles. The zero-order valence-corrected chi connectivity index (χ0v) is 12.5. The van der Waals surface area contributed by atoms with Crippen LogP contribution < -0.4 is 5.32 Å². The first-order valence-electron chi connectivity index (χ1n) is 6.17. The van der Waals surface area contributed by atoms with Crippen LogP contribution in [0.3, 0.4) is 0 Å². The second kappa shape index (κ2) is 6.89. The second-order valence-electron chi connectivity index (χ2n) is 5.42. The highest BCUT2D eigenvalue weighted by Gasteiger charge is 2.10. The minimum Gasteiger partial charge on any atom is -0.310 e. The predicted octanol–water partition coefficient (Wildman–Crippen LogP) is 2.12. The van der Waals surface area contributed by atoms with E-state index in [1.54, 1.807) is 11.8 Å². The molecule has 1 rings (SSSR count). The van der Waals surface area contributed by atoms with Crippen LogP contribution in [0.25, 0.3) is 0 Å². The first-order chi connectivity index (χ1) is 8.38. The average Bonchev–Trinajstić information content (AvgIpc) is 2.63. The van der Waals surface area contributed by atoms with Crippen molar-refractivity contribution in [2.24, 2.45) is 0 Å². The van der Waals surface area contributed by atoms with Crippen LogP contribution in [-0.4, -0.2) is 38.0 Å². The van der Waals surface area contributed by atoms with E-state index in [0.717, 1.165) is 30.4 Å². The van der Waals surface area contributed by atoms with Gasteiger partial charge in [-0.3, -0.25) is 0 Å². The lowest BCUT2D eigenvalue weighted by molar-refractivity contribution is 0.396. The number of allylic oxidation sites excluding steroid dienone is 1. The molecule has 0 aliphatic rings. The molecule has 18 heavy (non-hydrogen) atoms. The SMILES string of the molecule is C=C(C)CCSc1nnnn1CCNC(C)(C)C. The summed E-state index contributed by atoms with van der Waals surface area (Å²) < 4.78 is 1.85. The van der Waals surface area contributed by atoms with Crippen LogP contribution in [-0.2, 0) is 6.54 Å². The maximum atomic E-state index is 4.04. The van der Waals surface area contributed by atoms with Gasteiger partial charge in [-0.2, -0.15) is 0 Å². The van der Waals surface area contributed by atoms with E-state index >= 15 is 0 Å². The number of thioether (sulfide) groups is 1. The molecule has 1 aromatic rings. The quantitative estimate of drug-likeness (QED) is 0.607. The minimum atomic E-state index is 0.126. The van der Waals surface area contributed by atoms with Crippen LogP contribution in [0.15, 0.2) is 17.3 Å². The highest BCUT2D eigenvalue weighted by atomic mass is 32.2. The highest BCUT2D eigenvalue weighted by Crippen LogP contribution is 2.16. The monoisotopic (exact) mass is 269 g/mol. The third-order valence-electron chi connectivity index (χ3n) is 2.24. The lowest BCUT2D eigenvalue weighted by Gasteiger charge is -2.20. The standard InChI is InChI=1S/C12H23N5S/c1-10(2)6-9-18-11-14-15-16-17(11)8-7-13-12(3,4)5/h13H,1,6-9H2,2-5H3. The first-order valence-corrected chi connectivity index (χ1v) is 7.15. The second-order valence-corrected chi connectivity index (χ2v) is 6.48. The van der Waals surface area contributed by atoms with Gasteiger partial charge < -0.3 is 5.32 Å². The summed E-state index contributed by atoms with van der Waals surface area (Å²) in [6, 6.07) is 0. The summed E-state index contributed by atoms with van der Waals surface area (Å²) in [7, 11) is 0. The van der Waals surface area contributed by atoms with Gasteiger partial charge in [-0.15, -0.1) is 11.7 Å². The number of nitrogens with zero attached hydrogens (tertiary/aromatic N) is 4. The Morgan fingerprint density at radius 2 is 2.17 bits per heavy atom. The van der Waals surface area contributed by atoms with E-state index in [1.165, 1.54) is 5.57 Å². The molecule has 0 aliphatic heterocycles. The molecule has 0 aliphatic carbocycles. The molecule has 0 fully saturated rings. The third kappa shape index (κ3) is 6.16. The van der Waals surface area contributed by atoms with Crippen molar-refractivity contribution in [3.8, 4) is 0 Å². The Balaban J connectivity index is 2.37. The van der Waals surface area contributed by atoms with Crippen molar-refractivity contribution >= 4 is 11.8 Å². The van der Waals surface area contributed by atoms with Crippen molar-refractivity contribution in [3.63, 3.8) is 0 Å². The van der Waals surface area contributed by atoms with Gasteiger partial charge in [0.15, 0.2) is 0 Å². The van der Waals surface area contributed by atoms with Gasteiger partial charge in [-0.05, 0) is 44.5 Å². The molecule has 1 heterocycles. The molecule has 0 radical (unpaired) electrons. The van der Waals surface area contributed by atoms with Crippen LogP contribution in [0.1, 0.15) is 34.1 Å². The van der Waals surface area contributed by atoms with E-state index in [9.17, 15) is 0 Å². The Morgan fingerprint density at radius 3 is 2.78 bits per heavy atom. The van der Waals surface area contributed by atoms with Crippen LogP contribution >= 0.6 is 11.8 Å². The Hall–Kier alpha value is -0.880. The van der Waals surface area contributed by atoms with Crippen LogP contribution in [0.2, 0.25) is 0 Å². The van der Waals surface area contributed by atoms with Crippen molar-refractivity contribution in [3.05, 3.63) is 12.2 Å². The van der Waals surface area contributed by atoms with Gasteiger partial charge in [0, 0.05) is 17.8 Å². The minimum absolute atomic E-state index is 0.126. The number of hydrogen-bond acceptors (Lipinski definition) is 5. The zero-order valence-electron chi connectivity index (χ0n) is 11.7. The Labute approximate surface area is 113 Å². The van der Waals surface area contributed by atoms with Gasteiger partial charge in [0.05, 0.1) is 6.54 Å². The van der Waals surface area contributed by atoms with Crippen LogP contribution in [0.4, 0.5) is 0 Å². The van der Waals surface area contributed by atoms with Crippen molar-refractivity contribution in [1.29, 1.82) is 0 Å². The molecule has 1 aromatic heterocycles. The Morgan fingerprint density at radius 1 is 1.44 bits per heavy atom. The molecule has 5 nitrogen and oxygen atoms in total. The van der Waals surface area contributed by atoms with Crippen LogP contribution in [0, 0.1) is 0 Å². The number of hydrogen-bond donors (Lipinski definition) is 1. The summed E-state index contributed by atoms with van der Waals surface area (Å²) >= 11 is 1.68. The average molecular weight is 269 g/mol. The molecular weight excluding hydrogens is 246 g/mol. The number of nitrogens with one attached hydrogen (secondary N) is 1. The van der Waals surface area contributed by atoms with Gasteiger partial charge in [-0.1, -0.05) is 17.3 Å².